The van der Waals surface area contributed by atoms with E-state index in [2.05, 4.69) is 10.6 Å². The molecule has 1 unspecified atom stereocenters. The fourth-order valence-corrected chi connectivity index (χ4v) is 1.54. The molecule has 22 heavy (non-hydrogen) atoms. The van der Waals surface area contributed by atoms with Crippen LogP contribution in [0.4, 0.5) is 20.6 Å². The Morgan fingerprint density at radius 2 is 1.86 bits per heavy atom. The van der Waals surface area contributed by atoms with Gasteiger partial charge in [-0.2, -0.15) is 0 Å². The monoisotopic (exact) mass is 312 g/mol. The van der Waals surface area contributed by atoms with Crippen molar-refractivity contribution >= 4 is 17.5 Å². The molecular formula is C16H25FN2O3. The normalized spacial score (nSPS) is 13.5. The van der Waals surface area contributed by atoms with Crippen LogP contribution >= 0.6 is 0 Å². The van der Waals surface area contributed by atoms with Gasteiger partial charge >= 0.3 is 6.09 Å². The zero-order valence-electron chi connectivity index (χ0n) is 14.0. The Hall–Kier alpha value is -1.82. The lowest BCUT2D eigenvalue weighted by molar-refractivity contribution is 0.0631. The van der Waals surface area contributed by atoms with Crippen LogP contribution in [0.25, 0.3) is 0 Å². The zero-order chi connectivity index (χ0) is 17.1. The SMILES string of the molecule is CC(Nc1cc(NC(=O)OC(C)(C)C)ccc1F)C(C)(C)O. The van der Waals surface area contributed by atoms with Crippen LogP contribution in [0.3, 0.4) is 0 Å². The second-order valence-corrected chi connectivity index (χ2v) is 6.84. The van der Waals surface area contributed by atoms with Crippen LogP contribution in [-0.4, -0.2) is 28.4 Å². The second-order valence-electron chi connectivity index (χ2n) is 6.84. The third kappa shape index (κ3) is 5.89. The Bertz CT molecular complexity index is 533. The minimum absolute atomic E-state index is 0.197. The van der Waals surface area contributed by atoms with Crippen molar-refractivity contribution in [3.63, 3.8) is 0 Å². The Kier molecular flexibility index (Phi) is 5.40. The number of benzene rings is 1. The molecule has 0 aliphatic heterocycles. The highest BCUT2D eigenvalue weighted by Crippen LogP contribution is 2.23. The van der Waals surface area contributed by atoms with E-state index in [1.165, 1.54) is 18.2 Å². The van der Waals surface area contributed by atoms with Crippen LogP contribution in [0.5, 0.6) is 0 Å². The molecule has 5 nitrogen and oxygen atoms in total. The largest absolute Gasteiger partial charge is 0.444 e. The van der Waals surface area contributed by atoms with Crippen LogP contribution in [0.15, 0.2) is 18.2 Å². The highest BCUT2D eigenvalue weighted by atomic mass is 19.1. The Morgan fingerprint density at radius 3 is 2.36 bits per heavy atom. The maximum absolute atomic E-state index is 13.8. The Morgan fingerprint density at radius 1 is 1.27 bits per heavy atom. The van der Waals surface area contributed by atoms with Crippen molar-refractivity contribution in [2.45, 2.75) is 58.8 Å². The topological polar surface area (TPSA) is 70.6 Å². The van der Waals surface area contributed by atoms with E-state index >= 15 is 0 Å². The molecule has 0 radical (unpaired) electrons. The lowest BCUT2D eigenvalue weighted by Gasteiger charge is -2.28. The molecule has 1 aromatic rings. The van der Waals surface area contributed by atoms with E-state index < -0.39 is 23.1 Å². The predicted molar refractivity (Wildman–Crippen MR) is 85.6 cm³/mol. The van der Waals surface area contributed by atoms with Gasteiger partial charge in [-0.25, -0.2) is 9.18 Å². The second kappa shape index (κ2) is 6.52. The average Bonchev–Trinajstić information content (AvgIpc) is 2.29. The number of hydrogen-bond donors (Lipinski definition) is 3. The maximum Gasteiger partial charge on any atom is 0.412 e. The minimum Gasteiger partial charge on any atom is -0.444 e. The summed E-state index contributed by atoms with van der Waals surface area (Å²) in [6, 6.07) is 3.77. The molecule has 1 atom stereocenters. The number of anilines is 2. The van der Waals surface area contributed by atoms with Gasteiger partial charge < -0.3 is 15.2 Å². The average molecular weight is 312 g/mol. The summed E-state index contributed by atoms with van der Waals surface area (Å²) in [7, 11) is 0. The summed E-state index contributed by atoms with van der Waals surface area (Å²) in [4.78, 5) is 11.7. The van der Waals surface area contributed by atoms with Gasteiger partial charge in [0.05, 0.1) is 17.3 Å². The van der Waals surface area contributed by atoms with Crippen LogP contribution in [0.2, 0.25) is 0 Å². The van der Waals surface area contributed by atoms with Gasteiger partial charge in [0.15, 0.2) is 0 Å². The number of rotatable bonds is 4. The summed E-state index contributed by atoms with van der Waals surface area (Å²) in [5, 5.41) is 15.3. The van der Waals surface area contributed by atoms with Crippen LogP contribution in [0, 0.1) is 5.82 Å². The number of amides is 1. The molecule has 0 bridgehead atoms. The van der Waals surface area contributed by atoms with Crippen molar-refractivity contribution < 1.29 is 19.0 Å². The third-order valence-corrected chi connectivity index (χ3v) is 3.04. The van der Waals surface area contributed by atoms with Crippen molar-refractivity contribution in [1.29, 1.82) is 0 Å². The summed E-state index contributed by atoms with van der Waals surface area (Å²) in [5.74, 6) is -0.467. The molecule has 6 heteroatoms. The van der Waals surface area contributed by atoms with E-state index in [-0.39, 0.29) is 11.7 Å². The molecule has 1 rings (SSSR count). The molecule has 1 aromatic carbocycles. The molecule has 3 N–H and O–H groups in total. The van der Waals surface area contributed by atoms with Gasteiger partial charge in [0.2, 0.25) is 0 Å². The quantitative estimate of drug-likeness (QED) is 0.792. The molecule has 0 aliphatic rings. The number of carbonyl (C=O) groups excluding carboxylic acids is 1. The molecular weight excluding hydrogens is 287 g/mol. The molecule has 0 fully saturated rings. The predicted octanol–water partition coefficient (Wildman–Crippen LogP) is 3.74. The minimum atomic E-state index is -1.01. The highest BCUT2D eigenvalue weighted by molar-refractivity contribution is 5.85. The van der Waals surface area contributed by atoms with Gasteiger partial charge in [0, 0.05) is 5.69 Å². The summed E-state index contributed by atoms with van der Waals surface area (Å²) < 4.78 is 19.0. The summed E-state index contributed by atoms with van der Waals surface area (Å²) in [6.45, 7) is 10.3. The van der Waals surface area contributed by atoms with Gasteiger partial charge in [-0.3, -0.25) is 5.32 Å². The number of halogens is 1. The van der Waals surface area contributed by atoms with E-state index in [4.69, 9.17) is 4.74 Å². The first-order valence-corrected chi connectivity index (χ1v) is 7.17. The first-order chi connectivity index (χ1) is 9.88. The van der Waals surface area contributed by atoms with Gasteiger partial charge in [-0.15, -0.1) is 0 Å². The van der Waals surface area contributed by atoms with Gasteiger partial charge in [-0.05, 0) is 59.7 Å². The van der Waals surface area contributed by atoms with Crippen molar-refractivity contribution in [3.05, 3.63) is 24.0 Å². The van der Waals surface area contributed by atoms with E-state index in [1.807, 2.05) is 0 Å². The van der Waals surface area contributed by atoms with E-state index in [0.717, 1.165) is 0 Å². The van der Waals surface area contributed by atoms with Gasteiger partial charge in [0.1, 0.15) is 11.4 Å². The first kappa shape index (κ1) is 18.2. The van der Waals surface area contributed by atoms with Crippen molar-refractivity contribution in [3.8, 4) is 0 Å². The molecule has 0 saturated carbocycles. The number of nitrogens with one attached hydrogen (secondary N) is 2. The molecule has 0 heterocycles. The summed E-state index contributed by atoms with van der Waals surface area (Å²) >= 11 is 0. The van der Waals surface area contributed by atoms with Gasteiger partial charge in [0.25, 0.3) is 0 Å². The van der Waals surface area contributed by atoms with Crippen LogP contribution in [-0.2, 0) is 4.74 Å². The molecule has 0 aliphatic carbocycles. The van der Waals surface area contributed by atoms with Crippen LogP contribution in [0.1, 0.15) is 41.5 Å². The van der Waals surface area contributed by atoms with E-state index in [1.54, 1.807) is 41.5 Å². The first-order valence-electron chi connectivity index (χ1n) is 7.17. The number of ether oxygens (including phenoxy) is 1. The maximum atomic E-state index is 13.8. The molecule has 0 saturated heterocycles. The highest BCUT2D eigenvalue weighted by Gasteiger charge is 2.23. The van der Waals surface area contributed by atoms with Crippen molar-refractivity contribution in [1.82, 2.24) is 0 Å². The van der Waals surface area contributed by atoms with Crippen molar-refractivity contribution in [2.24, 2.45) is 0 Å². The number of hydrogen-bond acceptors (Lipinski definition) is 4. The molecule has 0 spiro atoms. The molecule has 1 amide bonds. The van der Waals surface area contributed by atoms with E-state index in [9.17, 15) is 14.3 Å². The molecule has 0 aromatic heterocycles. The number of aliphatic hydroxyl groups is 1. The van der Waals surface area contributed by atoms with Gasteiger partial charge in [-0.1, -0.05) is 0 Å². The lowest BCUT2D eigenvalue weighted by atomic mass is 10.0. The Balaban J connectivity index is 2.84. The summed E-state index contributed by atoms with van der Waals surface area (Å²) in [5.41, 5.74) is -1.02. The molecule has 124 valence electrons. The fourth-order valence-electron chi connectivity index (χ4n) is 1.54. The van der Waals surface area contributed by atoms with Crippen molar-refractivity contribution in [2.75, 3.05) is 10.6 Å². The smallest absolute Gasteiger partial charge is 0.412 e. The number of carbonyl (C=O) groups is 1. The summed E-state index contributed by atoms with van der Waals surface area (Å²) in [6.07, 6.45) is -0.611. The Labute approximate surface area is 130 Å². The third-order valence-electron chi connectivity index (χ3n) is 3.04. The fraction of sp³-hybridized carbons (Fsp3) is 0.562. The van der Waals surface area contributed by atoms with Crippen LogP contribution < -0.4 is 10.6 Å². The zero-order valence-corrected chi connectivity index (χ0v) is 14.0. The lowest BCUT2D eigenvalue weighted by Crippen LogP contribution is -2.39. The van der Waals surface area contributed by atoms with E-state index in [0.29, 0.717) is 5.69 Å². The standard InChI is InChI=1S/C16H25FN2O3/c1-10(16(5,6)21)18-13-9-11(7-8-12(13)17)19-14(20)22-15(2,3)4/h7-10,18,21H,1-6H3,(H,19,20).